The second-order valence-electron chi connectivity index (χ2n) is 1.15. The first kappa shape index (κ1) is 4.35. The molecule has 0 aliphatic heterocycles. The Morgan fingerprint density at radius 1 is 1.50 bits per heavy atom. The third kappa shape index (κ3) is 35.0. The van der Waals surface area contributed by atoms with Crippen molar-refractivity contribution in [1.82, 2.24) is 0 Å². The molecule has 0 aliphatic rings. The molecule has 0 unspecified atom stereocenters. The normalized spacial score (nSPS) is 9.00. The summed E-state index contributed by atoms with van der Waals surface area (Å²) < 4.78 is 0. The van der Waals surface area contributed by atoms with Crippen LogP contribution in [0, 0.1) is 0 Å². The molecule has 0 spiro atoms. The van der Waals surface area contributed by atoms with Gasteiger partial charge in [0.05, 0.1) is 0 Å². The van der Waals surface area contributed by atoms with Gasteiger partial charge in [0.2, 0.25) is 0 Å². The van der Waals surface area contributed by atoms with E-state index in [-0.39, 0.29) is 0 Å². The molecule has 1 heteroatoms. The maximum atomic E-state index is 3.31. The first-order chi connectivity index (χ1) is 1.73. The fourth-order valence-corrected chi connectivity index (χ4v) is 0. The van der Waals surface area contributed by atoms with Crippen LogP contribution < -0.4 is 0 Å². The molecular weight excluding hydrogens is 68.1 g/mol. The van der Waals surface area contributed by atoms with Crippen LogP contribution in [0.25, 0.3) is 0 Å². The van der Waals surface area contributed by atoms with E-state index >= 15 is 0 Å². The van der Waals surface area contributed by atoms with Crippen LogP contribution in [0.2, 0.25) is 0 Å². The Kier molecular flexibility index (Phi) is 1.79. The van der Waals surface area contributed by atoms with Gasteiger partial charge in [0, 0.05) is 0 Å². The predicted molar refractivity (Wildman–Crippen MR) is 25.3 cm³/mol. The van der Waals surface area contributed by atoms with E-state index in [1.165, 1.54) is 0 Å². The van der Waals surface area contributed by atoms with E-state index in [1.807, 2.05) is 0 Å². The van der Waals surface area contributed by atoms with Crippen LogP contribution in [0.3, 0.4) is 0 Å². The fraction of sp³-hybridized carbons (Fsp3) is 1.00. The second kappa shape index (κ2) is 1.65. The van der Waals surface area contributed by atoms with Crippen LogP contribution in [-0.4, -0.2) is 5.25 Å². The highest BCUT2D eigenvalue weighted by Crippen LogP contribution is 1.69. The molecule has 0 saturated carbocycles. The maximum Gasteiger partial charge on any atom is 0.108 e. The molecule has 0 atom stereocenters. The molecule has 0 N–H and O–H groups in total. The van der Waals surface area contributed by atoms with Crippen LogP contribution >= 0.6 is 0 Å². The molecule has 0 saturated heterocycles. The lowest BCUT2D eigenvalue weighted by Gasteiger charge is -1.69. The number of hydrogen-bond donors (Lipinski definition) is 0. The molecule has 0 fully saturated rings. The molecule has 0 nitrogen and oxygen atoms in total. The van der Waals surface area contributed by atoms with Crippen LogP contribution in [0.15, 0.2) is 0 Å². The maximum absolute atomic E-state index is 3.31. The molecule has 4 heavy (non-hydrogen) atoms. The van der Waals surface area contributed by atoms with Crippen LogP contribution in [0.4, 0.5) is 0 Å². The van der Waals surface area contributed by atoms with E-state index in [0.29, 0.717) is 5.25 Å². The van der Waals surface area contributed by atoms with E-state index in [4.69, 9.17) is 0 Å². The molecule has 0 aromatic carbocycles. The third-order valence-electron chi connectivity index (χ3n) is 0. The minimum absolute atomic E-state index is 0.639. The minimum Gasteiger partial charge on any atom is -0.0402 e. The van der Waals surface area contributed by atoms with Crippen molar-refractivity contribution in [2.24, 2.45) is 0 Å². The molecule has 0 aromatic rings. The van der Waals surface area contributed by atoms with Crippen molar-refractivity contribution in [2.75, 3.05) is 0 Å². The Morgan fingerprint density at radius 2 is 1.50 bits per heavy atom. The molecule has 26 valence electrons. The smallest absolute Gasteiger partial charge is 0.0402 e. The zero-order chi connectivity index (χ0) is 3.58. The zero-order valence-corrected chi connectivity index (χ0v) is 4.08. The summed E-state index contributed by atoms with van der Waals surface area (Å²) in [5, 5.41) is 0.639. The minimum atomic E-state index is 0.639. The van der Waals surface area contributed by atoms with Crippen LogP contribution in [0.1, 0.15) is 13.8 Å². The highest BCUT2D eigenvalue weighted by atomic mass is 32.1. The topological polar surface area (TPSA) is 0 Å². The Hall–Kier alpha value is 0.350. The SMILES string of the molecule is CC(C)[SH2+]. The van der Waals surface area contributed by atoms with Gasteiger partial charge in [0.15, 0.2) is 0 Å². The van der Waals surface area contributed by atoms with Crippen LogP contribution in [0.5, 0.6) is 0 Å². The molecule has 0 bridgehead atoms. The number of hydrogen-bond acceptors (Lipinski definition) is 0. The molecule has 0 heterocycles. The number of rotatable bonds is 0. The van der Waals surface area contributed by atoms with Gasteiger partial charge < -0.3 is 0 Å². The fourth-order valence-electron chi connectivity index (χ4n) is 0. The summed E-state index contributed by atoms with van der Waals surface area (Å²) in [7, 11) is 0. The van der Waals surface area contributed by atoms with Gasteiger partial charge in [-0.1, -0.05) is 0 Å². The van der Waals surface area contributed by atoms with Crippen molar-refractivity contribution in [3.8, 4) is 0 Å². The van der Waals surface area contributed by atoms with Gasteiger partial charge in [-0.3, -0.25) is 0 Å². The molecule has 0 amide bonds. The molecule has 0 aromatic heterocycles. The lowest BCUT2D eigenvalue weighted by molar-refractivity contribution is 1.12. The van der Waals surface area contributed by atoms with Gasteiger partial charge in [-0.15, -0.1) is 0 Å². The summed E-state index contributed by atoms with van der Waals surface area (Å²) in [6.07, 6.45) is 0. The summed E-state index contributed by atoms with van der Waals surface area (Å²) in [6, 6.07) is 0. The molecule has 0 rings (SSSR count). The summed E-state index contributed by atoms with van der Waals surface area (Å²) >= 11 is 3.31. The third-order valence-corrected chi connectivity index (χ3v) is 0. The lowest BCUT2D eigenvalue weighted by atomic mass is 10.6. The summed E-state index contributed by atoms with van der Waals surface area (Å²) in [5.41, 5.74) is 0. The Morgan fingerprint density at radius 3 is 1.50 bits per heavy atom. The van der Waals surface area contributed by atoms with Crippen molar-refractivity contribution in [3.05, 3.63) is 0 Å². The van der Waals surface area contributed by atoms with E-state index in [2.05, 4.69) is 26.5 Å². The standard InChI is InChI=1S/C3H8S/c1-3(2)4/h3-4H,1-2H3/p+1. The molecule has 0 aliphatic carbocycles. The zero-order valence-electron chi connectivity index (χ0n) is 3.08. The Labute approximate surface area is 32.6 Å². The van der Waals surface area contributed by atoms with Gasteiger partial charge in [-0.05, 0) is 26.5 Å². The summed E-state index contributed by atoms with van der Waals surface area (Å²) in [6.45, 7) is 4.16. The molecule has 0 radical (unpaired) electrons. The van der Waals surface area contributed by atoms with Gasteiger partial charge in [0.25, 0.3) is 0 Å². The summed E-state index contributed by atoms with van der Waals surface area (Å²) in [4.78, 5) is 0. The highest BCUT2D eigenvalue weighted by Gasteiger charge is 1.78. The van der Waals surface area contributed by atoms with Crippen molar-refractivity contribution < 1.29 is 0 Å². The first-order valence-electron chi connectivity index (χ1n) is 1.44. The van der Waals surface area contributed by atoms with Gasteiger partial charge in [-0.25, -0.2) is 0 Å². The average molecular weight is 77.2 g/mol. The van der Waals surface area contributed by atoms with Gasteiger partial charge in [0.1, 0.15) is 5.25 Å². The van der Waals surface area contributed by atoms with Crippen molar-refractivity contribution in [3.63, 3.8) is 0 Å². The first-order valence-corrected chi connectivity index (χ1v) is 2.02. The Balaban J connectivity index is 2.32. The lowest BCUT2D eigenvalue weighted by Crippen LogP contribution is -1.79. The van der Waals surface area contributed by atoms with Gasteiger partial charge in [-0.2, -0.15) is 0 Å². The van der Waals surface area contributed by atoms with Crippen molar-refractivity contribution in [1.29, 1.82) is 0 Å². The van der Waals surface area contributed by atoms with E-state index in [0.717, 1.165) is 0 Å². The van der Waals surface area contributed by atoms with E-state index in [9.17, 15) is 0 Å². The second-order valence-corrected chi connectivity index (χ2v) is 2.31. The van der Waals surface area contributed by atoms with Crippen molar-refractivity contribution in [2.45, 2.75) is 19.1 Å². The summed E-state index contributed by atoms with van der Waals surface area (Å²) in [5.74, 6) is 0. The van der Waals surface area contributed by atoms with Crippen molar-refractivity contribution >= 4 is 12.6 Å². The highest BCUT2D eigenvalue weighted by molar-refractivity contribution is 7.59. The Bertz CT molecular complexity index is 8.00. The average Bonchev–Trinajstić information content (AvgIpc) is 0.811. The molecular formula is C3H9S+. The van der Waals surface area contributed by atoms with E-state index in [1.54, 1.807) is 0 Å². The van der Waals surface area contributed by atoms with Gasteiger partial charge >= 0.3 is 0 Å². The quantitative estimate of drug-likeness (QED) is 0.367. The monoisotopic (exact) mass is 77.0 g/mol. The predicted octanol–water partition coefficient (Wildman–Crippen LogP) is 0.406. The van der Waals surface area contributed by atoms with E-state index < -0.39 is 0 Å². The van der Waals surface area contributed by atoms with Crippen LogP contribution in [-0.2, 0) is 12.6 Å². The largest absolute Gasteiger partial charge is 0.108 e.